The third kappa shape index (κ3) is 3.60. The molecule has 0 fully saturated rings. The summed E-state index contributed by atoms with van der Waals surface area (Å²) in [5.74, 6) is -0.195. The number of esters is 1. The number of nitrogens with one attached hydrogen (secondary N) is 1. The fourth-order valence-corrected chi connectivity index (χ4v) is 1.74. The second kappa shape index (κ2) is 5.23. The van der Waals surface area contributed by atoms with Crippen molar-refractivity contribution >= 4 is 17.3 Å². The van der Waals surface area contributed by atoms with Crippen LogP contribution in [-0.2, 0) is 16.1 Å². The number of hydrogen-bond donors (Lipinski definition) is 1. The van der Waals surface area contributed by atoms with Crippen molar-refractivity contribution in [3.63, 3.8) is 0 Å². The molecule has 1 rings (SSSR count). The van der Waals surface area contributed by atoms with E-state index in [0.29, 0.717) is 6.54 Å². The van der Waals surface area contributed by atoms with E-state index in [0.717, 1.165) is 11.4 Å². The van der Waals surface area contributed by atoms with Gasteiger partial charge < -0.3 is 10.1 Å². The first-order chi connectivity index (χ1) is 7.06. The van der Waals surface area contributed by atoms with Gasteiger partial charge >= 0.3 is 5.97 Å². The van der Waals surface area contributed by atoms with E-state index in [9.17, 15) is 4.79 Å². The zero-order valence-corrected chi connectivity index (χ0v) is 10.1. The maximum absolute atomic E-state index is 11.4. The van der Waals surface area contributed by atoms with Gasteiger partial charge in [-0.2, -0.15) is 0 Å². The van der Waals surface area contributed by atoms with Crippen LogP contribution in [0, 0.1) is 5.41 Å². The Bertz CT molecular complexity index is 309. The molecule has 0 aromatic carbocycles. The highest BCUT2D eigenvalue weighted by Crippen LogP contribution is 2.15. The number of ether oxygens (including phenoxy) is 1. The lowest BCUT2D eigenvalue weighted by Gasteiger charge is -2.21. The molecule has 1 heterocycles. The summed E-state index contributed by atoms with van der Waals surface area (Å²) in [6.45, 7) is 5.06. The van der Waals surface area contributed by atoms with Crippen LogP contribution in [0.5, 0.6) is 0 Å². The lowest BCUT2D eigenvalue weighted by molar-refractivity contribution is -0.150. The summed E-state index contributed by atoms with van der Waals surface area (Å²) in [4.78, 5) is 16.5. The van der Waals surface area contributed by atoms with E-state index in [-0.39, 0.29) is 5.97 Å². The molecule has 1 N–H and O–H groups in total. The van der Waals surface area contributed by atoms with Crippen molar-refractivity contribution < 1.29 is 9.53 Å². The number of aromatic nitrogens is 1. The van der Waals surface area contributed by atoms with Gasteiger partial charge in [-0.3, -0.25) is 9.78 Å². The lowest BCUT2D eigenvalue weighted by Crippen LogP contribution is -2.36. The summed E-state index contributed by atoms with van der Waals surface area (Å²) >= 11 is 1.60. The van der Waals surface area contributed by atoms with Crippen molar-refractivity contribution in [1.29, 1.82) is 0 Å². The topological polar surface area (TPSA) is 51.2 Å². The Morgan fingerprint density at radius 3 is 2.93 bits per heavy atom. The second-order valence-electron chi connectivity index (χ2n) is 3.95. The van der Waals surface area contributed by atoms with E-state index in [1.165, 1.54) is 7.11 Å². The van der Waals surface area contributed by atoms with Crippen LogP contribution < -0.4 is 5.32 Å². The lowest BCUT2D eigenvalue weighted by atomic mass is 9.94. The molecule has 1 aromatic rings. The van der Waals surface area contributed by atoms with Gasteiger partial charge in [0.25, 0.3) is 0 Å². The fourth-order valence-electron chi connectivity index (χ4n) is 1.18. The van der Waals surface area contributed by atoms with Crippen LogP contribution in [-0.4, -0.2) is 24.6 Å². The summed E-state index contributed by atoms with van der Waals surface area (Å²) < 4.78 is 4.71. The summed E-state index contributed by atoms with van der Waals surface area (Å²) in [6.07, 6.45) is 1.82. The molecule has 0 bridgehead atoms. The molecule has 0 aliphatic rings. The molecule has 0 aliphatic heterocycles. The highest BCUT2D eigenvalue weighted by molar-refractivity contribution is 7.09. The molecule has 0 spiro atoms. The second-order valence-corrected chi connectivity index (χ2v) is 4.92. The minimum absolute atomic E-state index is 0.195. The molecular formula is C10H16N2O2S. The molecule has 0 radical (unpaired) electrons. The average molecular weight is 228 g/mol. The van der Waals surface area contributed by atoms with Crippen LogP contribution in [0.2, 0.25) is 0 Å². The molecule has 5 heteroatoms. The molecule has 1 aromatic heterocycles. The molecular weight excluding hydrogens is 212 g/mol. The summed E-state index contributed by atoms with van der Waals surface area (Å²) in [5.41, 5.74) is 1.31. The highest BCUT2D eigenvalue weighted by atomic mass is 32.1. The monoisotopic (exact) mass is 228 g/mol. The minimum atomic E-state index is -0.487. The first-order valence-electron chi connectivity index (χ1n) is 4.73. The molecule has 0 saturated heterocycles. The van der Waals surface area contributed by atoms with Crippen LogP contribution in [0.4, 0.5) is 0 Å². The SMILES string of the molecule is COC(=O)C(C)(C)CNCc1cncs1. The molecule has 0 unspecified atom stereocenters. The average Bonchev–Trinajstić information content (AvgIpc) is 2.69. The van der Waals surface area contributed by atoms with E-state index in [4.69, 9.17) is 4.74 Å². The van der Waals surface area contributed by atoms with E-state index in [1.54, 1.807) is 16.8 Å². The zero-order valence-electron chi connectivity index (χ0n) is 9.24. The van der Waals surface area contributed by atoms with Crippen molar-refractivity contribution in [2.45, 2.75) is 20.4 Å². The van der Waals surface area contributed by atoms with E-state index < -0.39 is 5.41 Å². The zero-order chi connectivity index (χ0) is 11.3. The number of methoxy groups -OCH3 is 1. The number of hydrogen-bond acceptors (Lipinski definition) is 5. The van der Waals surface area contributed by atoms with Crippen molar-refractivity contribution in [3.8, 4) is 0 Å². The van der Waals surface area contributed by atoms with Crippen molar-refractivity contribution in [1.82, 2.24) is 10.3 Å². The number of rotatable bonds is 5. The largest absolute Gasteiger partial charge is 0.469 e. The van der Waals surface area contributed by atoms with Crippen molar-refractivity contribution in [3.05, 3.63) is 16.6 Å². The maximum Gasteiger partial charge on any atom is 0.312 e. The van der Waals surface area contributed by atoms with Gasteiger partial charge in [0.15, 0.2) is 0 Å². The van der Waals surface area contributed by atoms with Crippen molar-refractivity contribution in [2.24, 2.45) is 5.41 Å². The van der Waals surface area contributed by atoms with Gasteiger partial charge in [0.1, 0.15) is 0 Å². The Morgan fingerprint density at radius 2 is 2.40 bits per heavy atom. The summed E-state index contributed by atoms with van der Waals surface area (Å²) in [5, 5.41) is 3.21. The molecule has 0 aliphatic carbocycles. The Labute approximate surface area is 93.7 Å². The molecule has 0 atom stereocenters. The van der Waals surface area contributed by atoms with Gasteiger partial charge in [-0.05, 0) is 13.8 Å². The smallest absolute Gasteiger partial charge is 0.312 e. The Balaban J connectivity index is 2.33. The fraction of sp³-hybridized carbons (Fsp3) is 0.600. The van der Waals surface area contributed by atoms with Crippen LogP contribution in [0.1, 0.15) is 18.7 Å². The van der Waals surface area contributed by atoms with Gasteiger partial charge in [0.2, 0.25) is 0 Å². The van der Waals surface area contributed by atoms with Crippen LogP contribution >= 0.6 is 11.3 Å². The quantitative estimate of drug-likeness (QED) is 0.775. The number of thiazole rings is 1. The molecule has 0 saturated carbocycles. The van der Waals surface area contributed by atoms with Crippen LogP contribution in [0.3, 0.4) is 0 Å². The van der Waals surface area contributed by atoms with Crippen LogP contribution in [0.25, 0.3) is 0 Å². The minimum Gasteiger partial charge on any atom is -0.469 e. The van der Waals surface area contributed by atoms with Crippen LogP contribution in [0.15, 0.2) is 11.7 Å². The van der Waals surface area contributed by atoms with Gasteiger partial charge in [0.05, 0.1) is 18.0 Å². The van der Waals surface area contributed by atoms with Gasteiger partial charge in [0, 0.05) is 24.2 Å². The number of carbonyl (C=O) groups excluding carboxylic acids is 1. The Hall–Kier alpha value is -0.940. The maximum atomic E-state index is 11.4. The molecule has 4 nitrogen and oxygen atoms in total. The third-order valence-corrected chi connectivity index (χ3v) is 2.87. The summed E-state index contributed by atoms with van der Waals surface area (Å²) in [6, 6.07) is 0. The highest BCUT2D eigenvalue weighted by Gasteiger charge is 2.27. The molecule has 84 valence electrons. The van der Waals surface area contributed by atoms with E-state index in [1.807, 2.05) is 20.0 Å². The predicted octanol–water partition coefficient (Wildman–Crippen LogP) is 1.43. The first kappa shape index (κ1) is 12.1. The van der Waals surface area contributed by atoms with E-state index in [2.05, 4.69) is 10.3 Å². The standard InChI is InChI=1S/C10H16N2O2S/c1-10(2,9(13)14-3)6-11-4-8-5-12-7-15-8/h5,7,11H,4,6H2,1-3H3. The van der Waals surface area contributed by atoms with Crippen molar-refractivity contribution in [2.75, 3.05) is 13.7 Å². The van der Waals surface area contributed by atoms with Gasteiger partial charge in [-0.25, -0.2) is 0 Å². The third-order valence-electron chi connectivity index (χ3n) is 2.09. The number of carbonyl (C=O) groups is 1. The Morgan fingerprint density at radius 1 is 1.67 bits per heavy atom. The predicted molar refractivity (Wildman–Crippen MR) is 59.6 cm³/mol. The van der Waals surface area contributed by atoms with Gasteiger partial charge in [-0.15, -0.1) is 11.3 Å². The first-order valence-corrected chi connectivity index (χ1v) is 5.61. The van der Waals surface area contributed by atoms with Gasteiger partial charge in [-0.1, -0.05) is 0 Å². The Kier molecular flexibility index (Phi) is 4.23. The summed E-state index contributed by atoms with van der Waals surface area (Å²) in [7, 11) is 1.41. The normalized spacial score (nSPS) is 11.4. The molecule has 0 amide bonds. The van der Waals surface area contributed by atoms with E-state index >= 15 is 0 Å². The number of nitrogens with zero attached hydrogens (tertiary/aromatic N) is 1. The molecule has 15 heavy (non-hydrogen) atoms.